The van der Waals surface area contributed by atoms with E-state index in [2.05, 4.69) is 0 Å². The van der Waals surface area contributed by atoms with Crippen molar-refractivity contribution in [2.24, 2.45) is 11.7 Å². The van der Waals surface area contributed by atoms with Crippen molar-refractivity contribution < 1.29 is 9.59 Å². The third-order valence-electron chi connectivity index (χ3n) is 4.16. The van der Waals surface area contributed by atoms with Gasteiger partial charge in [0.15, 0.2) is 5.78 Å². The molecule has 0 bridgehead atoms. The second kappa shape index (κ2) is 4.92. The number of rotatable bonds is 3. The highest BCUT2D eigenvalue weighted by atomic mass is 16.2. The molecule has 3 heteroatoms. The first-order valence-electron chi connectivity index (χ1n) is 6.51. The molecule has 1 amide bonds. The van der Waals surface area contributed by atoms with Crippen LogP contribution in [-0.4, -0.2) is 11.7 Å². The zero-order valence-electron chi connectivity index (χ0n) is 10.7. The smallest absolute Gasteiger partial charge is 0.228 e. The van der Waals surface area contributed by atoms with Gasteiger partial charge in [0.05, 0.1) is 11.3 Å². The molecule has 1 aromatic rings. The van der Waals surface area contributed by atoms with Crippen molar-refractivity contribution in [1.29, 1.82) is 0 Å². The number of nitrogens with two attached hydrogens (primary N) is 1. The lowest BCUT2D eigenvalue weighted by Gasteiger charge is -2.38. The standard InChI is InChI=1S/C15H19NO2/c1-2-15(11-7-4-3-5-8-11)10-6-9-12(13(15)17)14(16)18/h3-5,7-8,12H,2,6,9-10H2,1H3,(H2,16,18). The Morgan fingerprint density at radius 3 is 2.61 bits per heavy atom. The lowest BCUT2D eigenvalue weighted by Crippen LogP contribution is -2.47. The van der Waals surface area contributed by atoms with Gasteiger partial charge in [-0.25, -0.2) is 0 Å². The molecule has 0 spiro atoms. The van der Waals surface area contributed by atoms with E-state index >= 15 is 0 Å². The summed E-state index contributed by atoms with van der Waals surface area (Å²) in [5.74, 6) is -1.08. The summed E-state index contributed by atoms with van der Waals surface area (Å²) in [6.45, 7) is 2.01. The second-order valence-electron chi connectivity index (χ2n) is 5.01. The molecule has 1 aliphatic rings. The molecule has 2 unspecified atom stereocenters. The number of benzene rings is 1. The van der Waals surface area contributed by atoms with Gasteiger partial charge < -0.3 is 5.73 Å². The van der Waals surface area contributed by atoms with E-state index in [1.807, 2.05) is 37.3 Å². The molecule has 0 aliphatic heterocycles. The number of Topliss-reactive ketones (excluding diaryl/α,β-unsaturated/α-hetero) is 1. The minimum atomic E-state index is -0.612. The van der Waals surface area contributed by atoms with Crippen molar-refractivity contribution in [3.05, 3.63) is 35.9 Å². The van der Waals surface area contributed by atoms with Gasteiger partial charge in [0.1, 0.15) is 0 Å². The Kier molecular flexibility index (Phi) is 3.50. The van der Waals surface area contributed by atoms with Crippen LogP contribution in [0.15, 0.2) is 30.3 Å². The van der Waals surface area contributed by atoms with Crippen LogP contribution in [0.4, 0.5) is 0 Å². The number of hydrogen-bond donors (Lipinski definition) is 1. The highest BCUT2D eigenvalue weighted by molar-refractivity contribution is 6.06. The maximum atomic E-state index is 12.6. The molecule has 0 radical (unpaired) electrons. The Balaban J connectivity index is 2.43. The van der Waals surface area contributed by atoms with Gasteiger partial charge >= 0.3 is 0 Å². The van der Waals surface area contributed by atoms with Crippen molar-refractivity contribution in [2.75, 3.05) is 0 Å². The summed E-state index contributed by atoms with van der Waals surface area (Å²) in [6.07, 6.45) is 3.01. The molecule has 0 saturated heterocycles. The van der Waals surface area contributed by atoms with Gasteiger partial charge in [-0.05, 0) is 24.8 Å². The fourth-order valence-corrected chi connectivity index (χ4v) is 3.07. The summed E-state index contributed by atoms with van der Waals surface area (Å²) in [5.41, 5.74) is 5.85. The highest BCUT2D eigenvalue weighted by Crippen LogP contribution is 2.41. The van der Waals surface area contributed by atoms with Gasteiger partial charge in [-0.2, -0.15) is 0 Å². The predicted octanol–water partition coefficient (Wildman–Crippen LogP) is 2.19. The maximum Gasteiger partial charge on any atom is 0.228 e. The predicted molar refractivity (Wildman–Crippen MR) is 70.0 cm³/mol. The fourth-order valence-electron chi connectivity index (χ4n) is 3.07. The summed E-state index contributed by atoms with van der Waals surface area (Å²) < 4.78 is 0. The Bertz CT molecular complexity index is 455. The lowest BCUT2D eigenvalue weighted by atomic mass is 9.63. The number of carbonyl (C=O) groups is 2. The van der Waals surface area contributed by atoms with E-state index in [-0.39, 0.29) is 5.78 Å². The van der Waals surface area contributed by atoms with E-state index in [4.69, 9.17) is 5.73 Å². The largest absolute Gasteiger partial charge is 0.369 e. The van der Waals surface area contributed by atoms with Gasteiger partial charge in [-0.15, -0.1) is 0 Å². The summed E-state index contributed by atoms with van der Waals surface area (Å²) in [7, 11) is 0. The average Bonchev–Trinajstić information content (AvgIpc) is 2.40. The van der Waals surface area contributed by atoms with Gasteiger partial charge in [0.2, 0.25) is 5.91 Å². The zero-order chi connectivity index (χ0) is 13.2. The quantitative estimate of drug-likeness (QED) is 0.830. The Morgan fingerprint density at radius 2 is 2.06 bits per heavy atom. The molecule has 18 heavy (non-hydrogen) atoms. The van der Waals surface area contributed by atoms with Crippen LogP contribution < -0.4 is 5.73 Å². The van der Waals surface area contributed by atoms with E-state index in [1.54, 1.807) is 0 Å². The van der Waals surface area contributed by atoms with E-state index in [0.29, 0.717) is 6.42 Å². The first-order chi connectivity index (χ1) is 8.62. The first kappa shape index (κ1) is 12.8. The minimum Gasteiger partial charge on any atom is -0.369 e. The zero-order valence-corrected chi connectivity index (χ0v) is 10.7. The van der Waals surface area contributed by atoms with Gasteiger partial charge in [-0.3, -0.25) is 9.59 Å². The number of hydrogen-bond acceptors (Lipinski definition) is 2. The Labute approximate surface area is 107 Å². The van der Waals surface area contributed by atoms with Crippen molar-refractivity contribution in [1.82, 2.24) is 0 Å². The van der Waals surface area contributed by atoms with Crippen LogP contribution in [0.3, 0.4) is 0 Å². The number of carbonyl (C=O) groups excluding carboxylic acids is 2. The number of primary amides is 1. The molecular weight excluding hydrogens is 226 g/mol. The SMILES string of the molecule is CCC1(c2ccccc2)CCCC(C(N)=O)C1=O. The summed E-state index contributed by atoms with van der Waals surface area (Å²) in [6, 6.07) is 9.77. The summed E-state index contributed by atoms with van der Waals surface area (Å²) in [4.78, 5) is 24.0. The van der Waals surface area contributed by atoms with Crippen LogP contribution in [0, 0.1) is 5.92 Å². The third kappa shape index (κ3) is 1.94. The number of ketones is 1. The molecule has 96 valence electrons. The van der Waals surface area contributed by atoms with Crippen LogP contribution >= 0.6 is 0 Å². The monoisotopic (exact) mass is 245 g/mol. The average molecular weight is 245 g/mol. The Hall–Kier alpha value is -1.64. The van der Waals surface area contributed by atoms with E-state index < -0.39 is 17.2 Å². The molecular formula is C15H19NO2. The van der Waals surface area contributed by atoms with E-state index in [1.165, 1.54) is 0 Å². The molecule has 2 rings (SSSR count). The molecule has 1 aliphatic carbocycles. The minimum absolute atomic E-state index is 0.00921. The maximum absolute atomic E-state index is 12.6. The lowest BCUT2D eigenvalue weighted by molar-refractivity contribution is -0.138. The summed E-state index contributed by atoms with van der Waals surface area (Å²) >= 11 is 0. The van der Waals surface area contributed by atoms with Crippen LogP contribution in [0.2, 0.25) is 0 Å². The molecule has 2 N–H and O–H groups in total. The van der Waals surface area contributed by atoms with Gasteiger partial charge in [-0.1, -0.05) is 43.7 Å². The van der Waals surface area contributed by atoms with Crippen molar-refractivity contribution in [3.8, 4) is 0 Å². The molecule has 1 saturated carbocycles. The van der Waals surface area contributed by atoms with Crippen LogP contribution in [0.5, 0.6) is 0 Å². The van der Waals surface area contributed by atoms with Gasteiger partial charge in [0, 0.05) is 0 Å². The topological polar surface area (TPSA) is 60.2 Å². The van der Waals surface area contributed by atoms with Gasteiger partial charge in [0.25, 0.3) is 0 Å². The molecule has 3 nitrogen and oxygen atoms in total. The third-order valence-corrected chi connectivity index (χ3v) is 4.16. The normalized spacial score (nSPS) is 28.1. The number of amides is 1. The molecule has 0 heterocycles. The molecule has 0 aromatic heterocycles. The van der Waals surface area contributed by atoms with Crippen molar-refractivity contribution >= 4 is 11.7 Å². The summed E-state index contributed by atoms with van der Waals surface area (Å²) in [5, 5.41) is 0. The van der Waals surface area contributed by atoms with E-state index in [0.717, 1.165) is 24.8 Å². The van der Waals surface area contributed by atoms with Crippen LogP contribution in [0.1, 0.15) is 38.2 Å². The van der Waals surface area contributed by atoms with Crippen molar-refractivity contribution in [2.45, 2.75) is 38.0 Å². The second-order valence-corrected chi connectivity index (χ2v) is 5.01. The highest BCUT2D eigenvalue weighted by Gasteiger charge is 2.46. The van der Waals surface area contributed by atoms with Crippen LogP contribution in [-0.2, 0) is 15.0 Å². The molecule has 2 atom stereocenters. The molecule has 1 fully saturated rings. The van der Waals surface area contributed by atoms with E-state index in [9.17, 15) is 9.59 Å². The Morgan fingerprint density at radius 1 is 1.39 bits per heavy atom. The van der Waals surface area contributed by atoms with Crippen molar-refractivity contribution in [3.63, 3.8) is 0 Å². The van der Waals surface area contributed by atoms with Crippen LogP contribution in [0.25, 0.3) is 0 Å². The first-order valence-corrected chi connectivity index (χ1v) is 6.51. The molecule has 1 aromatic carbocycles. The fraction of sp³-hybridized carbons (Fsp3) is 0.467.